The van der Waals surface area contributed by atoms with Crippen molar-refractivity contribution in [3.8, 4) is 11.5 Å². The lowest BCUT2D eigenvalue weighted by Gasteiger charge is -2.29. The fraction of sp³-hybridized carbons (Fsp3) is 0.484. The summed E-state index contributed by atoms with van der Waals surface area (Å²) in [7, 11) is 2.96. The maximum absolute atomic E-state index is 13.0. The first-order valence-electron chi connectivity index (χ1n) is 13.9. The van der Waals surface area contributed by atoms with Gasteiger partial charge < -0.3 is 45.9 Å². The van der Waals surface area contributed by atoms with Gasteiger partial charge in [0.2, 0.25) is 0 Å². The van der Waals surface area contributed by atoms with Gasteiger partial charge in [-0.2, -0.15) is 0 Å². The molecule has 0 saturated heterocycles. The van der Waals surface area contributed by atoms with Gasteiger partial charge in [-0.15, -0.1) is 0 Å². The molecule has 0 saturated carbocycles. The Labute approximate surface area is 247 Å². The second-order valence-electron chi connectivity index (χ2n) is 10.7. The van der Waals surface area contributed by atoms with Crippen molar-refractivity contribution >= 4 is 23.4 Å². The van der Waals surface area contributed by atoms with Crippen LogP contribution in [0.1, 0.15) is 39.7 Å². The third kappa shape index (κ3) is 9.18. The quantitative estimate of drug-likeness (QED) is 0.127. The molecule has 8 N–H and O–H groups in total. The lowest BCUT2D eigenvalue weighted by Crippen LogP contribution is -2.78. The van der Waals surface area contributed by atoms with E-state index >= 15 is 0 Å². The summed E-state index contributed by atoms with van der Waals surface area (Å²) in [4.78, 5) is 24.7. The number of aromatic hydroxyl groups is 2. The van der Waals surface area contributed by atoms with Crippen molar-refractivity contribution in [3.05, 3.63) is 59.7 Å². The molecule has 2 amide bonds. The molecule has 2 rings (SSSR count). The Bertz CT molecular complexity index is 1210. The molecule has 11 heteroatoms. The van der Waals surface area contributed by atoms with Gasteiger partial charge in [-0.1, -0.05) is 44.7 Å². The number of carbonyl (C=O) groups is 2. The number of anilines is 1. The van der Waals surface area contributed by atoms with E-state index in [2.05, 4.69) is 11.9 Å². The van der Waals surface area contributed by atoms with Crippen LogP contribution in [0.2, 0.25) is 0 Å². The number of nitrogens with two attached hydrogens (primary N) is 2. The van der Waals surface area contributed by atoms with Gasteiger partial charge in [0.1, 0.15) is 11.9 Å². The third-order valence-electron chi connectivity index (χ3n) is 7.36. The number of carbonyl (C=O) groups excluding carboxylic acids is 2. The van der Waals surface area contributed by atoms with E-state index in [1.807, 2.05) is 13.8 Å². The van der Waals surface area contributed by atoms with Gasteiger partial charge in [-0.3, -0.25) is 4.79 Å². The van der Waals surface area contributed by atoms with Crippen molar-refractivity contribution in [2.24, 2.45) is 17.6 Å². The summed E-state index contributed by atoms with van der Waals surface area (Å²) in [6, 6.07) is 1.31. The van der Waals surface area contributed by atoms with Gasteiger partial charge in [-0.25, -0.2) is 4.79 Å². The Hall–Kier alpha value is -3.64. The molecule has 6 atom stereocenters. The average molecular weight is 589 g/mol. The zero-order valence-electron chi connectivity index (χ0n) is 25.3. The van der Waals surface area contributed by atoms with Crippen LogP contribution >= 0.6 is 0 Å². The summed E-state index contributed by atoms with van der Waals surface area (Å²) >= 11 is 0. The van der Waals surface area contributed by atoms with E-state index in [4.69, 9.17) is 19.9 Å². The summed E-state index contributed by atoms with van der Waals surface area (Å²) in [5, 5.41) is 37.8. The van der Waals surface area contributed by atoms with Crippen LogP contribution in [0.5, 0.6) is 11.5 Å². The van der Waals surface area contributed by atoms with E-state index in [9.17, 15) is 24.9 Å². The van der Waals surface area contributed by atoms with Gasteiger partial charge in [0.25, 0.3) is 5.91 Å². The first-order chi connectivity index (χ1) is 19.8. The number of fused-ring (bicyclic) bond motifs is 2. The molecule has 0 fully saturated rings. The first-order valence-corrected chi connectivity index (χ1v) is 13.9. The molecule has 1 aromatic carbocycles. The van der Waals surface area contributed by atoms with Crippen molar-refractivity contribution in [2.75, 3.05) is 26.1 Å². The fourth-order valence-electron chi connectivity index (χ4n) is 5.06. The van der Waals surface area contributed by atoms with Crippen LogP contribution in [0, 0.1) is 11.8 Å². The Morgan fingerprint density at radius 1 is 1.24 bits per heavy atom. The summed E-state index contributed by atoms with van der Waals surface area (Å²) < 4.78 is 16.6. The maximum atomic E-state index is 13.0. The number of benzene rings is 1. The molecule has 0 spiro atoms. The van der Waals surface area contributed by atoms with Crippen LogP contribution in [0.4, 0.5) is 16.2 Å². The number of hydrogen-bond acceptors (Lipinski definition) is 8. The number of allylic oxidation sites excluding steroid dienone is 2. The van der Waals surface area contributed by atoms with E-state index in [1.54, 1.807) is 43.5 Å². The highest BCUT2D eigenvalue weighted by molar-refractivity contribution is 6.04. The second kappa shape index (κ2) is 16.1. The molecule has 1 aliphatic rings. The Morgan fingerprint density at radius 3 is 2.52 bits per heavy atom. The van der Waals surface area contributed by atoms with Crippen LogP contribution in [0.25, 0.3) is 0 Å². The van der Waals surface area contributed by atoms with Crippen LogP contribution in [0.3, 0.4) is 0 Å². The average Bonchev–Trinajstić information content (AvgIpc) is 2.94. The van der Waals surface area contributed by atoms with E-state index < -0.39 is 42.3 Å². The number of phenols is 2. The van der Waals surface area contributed by atoms with Gasteiger partial charge in [0.05, 0.1) is 30.0 Å². The van der Waals surface area contributed by atoms with Crippen LogP contribution in [-0.2, 0) is 25.4 Å². The lowest BCUT2D eigenvalue weighted by atomic mass is 9.87. The number of amides is 2. The zero-order valence-corrected chi connectivity index (χ0v) is 25.3. The number of aliphatic hydroxyl groups is 1. The van der Waals surface area contributed by atoms with Gasteiger partial charge in [0, 0.05) is 31.8 Å². The number of phenolic OH excluding ortho intramolecular Hbond substituents is 2. The number of rotatable bonds is 6. The van der Waals surface area contributed by atoms with E-state index in [0.29, 0.717) is 41.8 Å². The highest BCUT2D eigenvalue weighted by atomic mass is 16.6. The van der Waals surface area contributed by atoms with Crippen LogP contribution < -0.4 is 16.4 Å². The van der Waals surface area contributed by atoms with Crippen molar-refractivity contribution in [3.63, 3.8) is 0 Å². The maximum Gasteiger partial charge on any atom is 0.405 e. The highest BCUT2D eigenvalue weighted by Gasteiger charge is 2.30. The molecular formula is C31H46N3O8+. The number of aliphatic hydroxyl groups excluding tert-OH is 1. The molecule has 0 aliphatic carbocycles. The van der Waals surface area contributed by atoms with Gasteiger partial charge in [0.15, 0.2) is 17.5 Å². The molecular weight excluding hydrogens is 542 g/mol. The van der Waals surface area contributed by atoms with Crippen LogP contribution in [-0.4, -0.2) is 72.5 Å². The first kappa shape index (κ1) is 34.6. The summed E-state index contributed by atoms with van der Waals surface area (Å²) in [6.45, 7) is 11.3. The minimum absolute atomic E-state index is 0.0616. The molecule has 1 aromatic rings. The monoisotopic (exact) mass is 588 g/mol. The van der Waals surface area contributed by atoms with Gasteiger partial charge >= 0.3 is 6.09 Å². The zero-order chi connectivity index (χ0) is 31.6. The largest absolute Gasteiger partial charge is 0.505 e. The summed E-state index contributed by atoms with van der Waals surface area (Å²) in [5.74, 6) is -1.28. The molecule has 0 radical (unpaired) electrons. The molecule has 0 aromatic heterocycles. The number of ether oxygens (including phenoxy) is 3. The minimum atomic E-state index is -0.987. The molecule has 1 heterocycles. The smallest absolute Gasteiger partial charge is 0.405 e. The number of methoxy groups -OCH3 is 2. The predicted octanol–water partition coefficient (Wildman–Crippen LogP) is 2.94. The van der Waals surface area contributed by atoms with Crippen molar-refractivity contribution in [1.29, 1.82) is 0 Å². The van der Waals surface area contributed by atoms with Crippen LogP contribution in [0.15, 0.2) is 54.2 Å². The summed E-state index contributed by atoms with van der Waals surface area (Å²) in [6.07, 6.45) is 4.79. The fourth-order valence-corrected chi connectivity index (χ4v) is 5.06. The van der Waals surface area contributed by atoms with Crippen molar-refractivity contribution in [1.82, 2.24) is 0 Å². The Morgan fingerprint density at radius 2 is 1.93 bits per heavy atom. The highest BCUT2D eigenvalue weighted by Crippen LogP contribution is 2.40. The number of hydrogen-bond donors (Lipinski definition) is 6. The predicted molar refractivity (Wildman–Crippen MR) is 160 cm³/mol. The van der Waals surface area contributed by atoms with E-state index in [-0.39, 0.29) is 23.1 Å². The van der Waals surface area contributed by atoms with Crippen molar-refractivity contribution < 1.29 is 44.4 Å². The molecule has 0 unspecified atom stereocenters. The molecule has 232 valence electrons. The molecule has 1 aliphatic heterocycles. The standard InChI is InChI=1S/C31H45N3O8/c1-8-12-33-26-21-13-17(2)14-25(41-7)27(36)19(4)15-20(5)29(42-31(32)39)24(40-6)11-9-10-18(3)30(38)34-22(28(21)37)16-23(26)35/h8-11,15-17,19,24-25,27,29,33,35-37H,1,12-14H2,2-7H3,(H2,32,39)(H,34,38)/p+1/b11-9?,18-10+,20-15+/t17-,19+,24+,25+,27-,29+/m1/s1. The number of quaternary nitrogens is 1. The Kier molecular flexibility index (Phi) is 13.3. The van der Waals surface area contributed by atoms with Gasteiger partial charge in [-0.05, 0) is 44.3 Å². The third-order valence-corrected chi connectivity index (χ3v) is 7.36. The van der Waals surface area contributed by atoms with E-state index in [1.165, 1.54) is 26.4 Å². The molecule has 42 heavy (non-hydrogen) atoms. The topological polar surface area (TPSA) is 177 Å². The van der Waals surface area contributed by atoms with Crippen molar-refractivity contribution in [2.45, 2.75) is 65.0 Å². The van der Waals surface area contributed by atoms with E-state index in [0.717, 1.165) is 0 Å². The number of nitrogens with one attached hydrogen (secondary N) is 1. The lowest BCUT2D eigenvalue weighted by molar-refractivity contribution is -0.562. The normalized spacial score (nSPS) is 28.6. The number of primary amides is 1. The molecule has 2 bridgehead atoms. The molecule has 11 nitrogen and oxygen atoms in total. The second-order valence-corrected chi connectivity index (χ2v) is 10.7. The summed E-state index contributed by atoms with van der Waals surface area (Å²) in [5.41, 5.74) is 7.23. The SMILES string of the molecule is C=CC[NH2+]c1c(O)cc2c(O)c1C[C@@H](C)C[C@H](OC)[C@H](O)[C@@H](C)/C=C(\C)[C@H](OC(N)=O)[C@@H](OC)C=C/C=C(\C)C(=O)N2. The Balaban J connectivity index is 2.67. The minimum Gasteiger partial charge on any atom is -0.505 e.